The van der Waals surface area contributed by atoms with Gasteiger partial charge < -0.3 is 14.6 Å². The van der Waals surface area contributed by atoms with Gasteiger partial charge >= 0.3 is 0 Å². The molecule has 1 aromatic heterocycles. The zero-order valence-electron chi connectivity index (χ0n) is 11.1. The summed E-state index contributed by atoms with van der Waals surface area (Å²) in [6, 6.07) is 8.10. The van der Waals surface area contributed by atoms with Gasteiger partial charge in [0.2, 0.25) is 0 Å². The lowest BCUT2D eigenvalue weighted by Crippen LogP contribution is -2.14. The van der Waals surface area contributed by atoms with E-state index in [-0.39, 0.29) is 0 Å². The molecular formula is C15H18N2O. The van der Waals surface area contributed by atoms with Crippen LogP contribution in [0.15, 0.2) is 36.6 Å². The molecule has 1 aromatic carbocycles. The minimum Gasteiger partial charge on any atom is -0.497 e. The fraction of sp³-hybridized carbons (Fsp3) is 0.267. The average molecular weight is 242 g/mol. The Labute approximate surface area is 107 Å². The number of ether oxygens (including phenoxy) is 1. The molecule has 0 aliphatic heterocycles. The van der Waals surface area contributed by atoms with Crippen molar-refractivity contribution >= 4 is 16.5 Å². The molecule has 3 heteroatoms. The molecule has 0 saturated heterocycles. The second-order valence-electron chi connectivity index (χ2n) is 4.53. The zero-order chi connectivity index (χ0) is 13.1. The van der Waals surface area contributed by atoms with Crippen LogP contribution in [-0.4, -0.2) is 37.6 Å². The summed E-state index contributed by atoms with van der Waals surface area (Å²) >= 11 is 0. The fourth-order valence-corrected chi connectivity index (χ4v) is 1.95. The summed E-state index contributed by atoms with van der Waals surface area (Å²) in [5, 5.41) is 1.14. The molecule has 0 unspecified atom stereocenters. The summed E-state index contributed by atoms with van der Waals surface area (Å²) in [6.07, 6.45) is 0. The summed E-state index contributed by atoms with van der Waals surface area (Å²) in [5.74, 6) is 0.866. The van der Waals surface area contributed by atoms with Gasteiger partial charge in [-0.15, -0.1) is 5.73 Å². The van der Waals surface area contributed by atoms with Crippen LogP contribution in [0.25, 0.3) is 16.5 Å². The largest absolute Gasteiger partial charge is 0.497 e. The SMILES string of the molecule is C=C=C(CN(C)C)c1cc2cc(OC)ccc2[nH]1. The van der Waals surface area contributed by atoms with Crippen molar-refractivity contribution in [2.24, 2.45) is 0 Å². The molecule has 3 nitrogen and oxygen atoms in total. The highest BCUT2D eigenvalue weighted by molar-refractivity contribution is 5.86. The Kier molecular flexibility index (Phi) is 3.56. The molecule has 18 heavy (non-hydrogen) atoms. The van der Waals surface area contributed by atoms with Crippen molar-refractivity contribution in [2.45, 2.75) is 0 Å². The molecule has 2 rings (SSSR count). The number of nitrogens with one attached hydrogen (secondary N) is 1. The number of hydrogen-bond donors (Lipinski definition) is 1. The van der Waals surface area contributed by atoms with Gasteiger partial charge in [-0.25, -0.2) is 0 Å². The summed E-state index contributed by atoms with van der Waals surface area (Å²) in [4.78, 5) is 5.48. The summed E-state index contributed by atoms with van der Waals surface area (Å²) in [6.45, 7) is 4.57. The van der Waals surface area contributed by atoms with Gasteiger partial charge in [0.1, 0.15) is 5.75 Å². The van der Waals surface area contributed by atoms with E-state index < -0.39 is 0 Å². The maximum absolute atomic E-state index is 5.23. The van der Waals surface area contributed by atoms with Crippen LogP contribution < -0.4 is 4.74 Å². The van der Waals surface area contributed by atoms with Gasteiger partial charge in [-0.1, -0.05) is 6.58 Å². The number of benzene rings is 1. The number of fused-ring (bicyclic) bond motifs is 1. The Hall–Kier alpha value is -1.96. The molecular weight excluding hydrogens is 224 g/mol. The van der Waals surface area contributed by atoms with Crippen molar-refractivity contribution in [3.8, 4) is 5.75 Å². The van der Waals surface area contributed by atoms with Crippen molar-refractivity contribution < 1.29 is 4.74 Å². The molecule has 1 heterocycles. The van der Waals surface area contributed by atoms with E-state index in [0.29, 0.717) is 0 Å². The van der Waals surface area contributed by atoms with Gasteiger partial charge in [0.15, 0.2) is 0 Å². The van der Waals surface area contributed by atoms with E-state index in [0.717, 1.165) is 34.5 Å². The van der Waals surface area contributed by atoms with E-state index in [2.05, 4.69) is 28.3 Å². The molecule has 1 N–H and O–H groups in total. The average Bonchev–Trinajstić information content (AvgIpc) is 2.77. The number of aromatic nitrogens is 1. The van der Waals surface area contributed by atoms with Crippen LogP contribution in [0.1, 0.15) is 5.69 Å². The Morgan fingerprint density at radius 1 is 1.39 bits per heavy atom. The lowest BCUT2D eigenvalue weighted by Gasteiger charge is -2.09. The Morgan fingerprint density at radius 2 is 2.17 bits per heavy atom. The van der Waals surface area contributed by atoms with Crippen molar-refractivity contribution in [3.05, 3.63) is 42.3 Å². The molecule has 0 radical (unpaired) electrons. The predicted molar refractivity (Wildman–Crippen MR) is 76.0 cm³/mol. The second kappa shape index (κ2) is 5.13. The number of hydrogen-bond acceptors (Lipinski definition) is 2. The minimum atomic E-state index is 0.813. The number of methoxy groups -OCH3 is 1. The maximum Gasteiger partial charge on any atom is 0.119 e. The number of aromatic amines is 1. The molecule has 0 atom stereocenters. The van der Waals surface area contributed by atoms with E-state index in [9.17, 15) is 0 Å². The van der Waals surface area contributed by atoms with Crippen LogP contribution in [0.5, 0.6) is 5.75 Å². The lowest BCUT2D eigenvalue weighted by molar-refractivity contribution is 0.415. The highest BCUT2D eigenvalue weighted by Crippen LogP contribution is 2.24. The summed E-state index contributed by atoms with van der Waals surface area (Å²) in [7, 11) is 5.74. The lowest BCUT2D eigenvalue weighted by atomic mass is 10.2. The summed E-state index contributed by atoms with van der Waals surface area (Å²) in [5.41, 5.74) is 6.22. The maximum atomic E-state index is 5.23. The number of rotatable bonds is 4. The van der Waals surface area contributed by atoms with E-state index in [1.54, 1.807) is 7.11 Å². The van der Waals surface area contributed by atoms with Gasteiger partial charge in [0.25, 0.3) is 0 Å². The van der Waals surface area contributed by atoms with Crippen LogP contribution in [0.3, 0.4) is 0 Å². The van der Waals surface area contributed by atoms with Crippen molar-refractivity contribution in [1.82, 2.24) is 9.88 Å². The molecule has 0 spiro atoms. The third-order valence-corrected chi connectivity index (χ3v) is 2.84. The number of likely N-dealkylation sites (N-methyl/N-ethyl adjacent to an activating group) is 1. The highest BCUT2D eigenvalue weighted by Gasteiger charge is 2.07. The first-order valence-corrected chi connectivity index (χ1v) is 5.85. The smallest absolute Gasteiger partial charge is 0.119 e. The molecule has 94 valence electrons. The van der Waals surface area contributed by atoms with E-state index in [4.69, 9.17) is 4.74 Å². The Bertz CT molecular complexity index is 604. The van der Waals surface area contributed by atoms with Crippen LogP contribution in [-0.2, 0) is 0 Å². The van der Waals surface area contributed by atoms with E-state index >= 15 is 0 Å². The third kappa shape index (κ3) is 2.48. The van der Waals surface area contributed by atoms with Crippen LogP contribution in [0.2, 0.25) is 0 Å². The minimum absolute atomic E-state index is 0.813. The number of H-pyrrole nitrogens is 1. The van der Waals surface area contributed by atoms with E-state index in [1.807, 2.05) is 32.3 Å². The first-order chi connectivity index (χ1) is 8.63. The second-order valence-corrected chi connectivity index (χ2v) is 4.53. The quantitative estimate of drug-likeness (QED) is 0.835. The normalized spacial score (nSPS) is 10.7. The Morgan fingerprint density at radius 3 is 2.78 bits per heavy atom. The zero-order valence-corrected chi connectivity index (χ0v) is 11.1. The van der Waals surface area contributed by atoms with Crippen molar-refractivity contribution in [2.75, 3.05) is 27.7 Å². The first-order valence-electron chi connectivity index (χ1n) is 5.85. The molecule has 0 amide bonds. The highest BCUT2D eigenvalue weighted by atomic mass is 16.5. The van der Waals surface area contributed by atoms with E-state index in [1.165, 1.54) is 0 Å². The van der Waals surface area contributed by atoms with Gasteiger partial charge in [-0.3, -0.25) is 0 Å². The topological polar surface area (TPSA) is 28.3 Å². The van der Waals surface area contributed by atoms with Gasteiger partial charge in [0, 0.05) is 23.0 Å². The van der Waals surface area contributed by atoms with Crippen LogP contribution in [0.4, 0.5) is 0 Å². The predicted octanol–water partition coefficient (Wildman–Crippen LogP) is 2.91. The first kappa shape index (κ1) is 12.5. The van der Waals surface area contributed by atoms with Crippen LogP contribution in [0, 0.1) is 0 Å². The van der Waals surface area contributed by atoms with Crippen molar-refractivity contribution in [3.63, 3.8) is 0 Å². The Balaban J connectivity index is 2.43. The van der Waals surface area contributed by atoms with Gasteiger partial charge in [-0.2, -0.15) is 0 Å². The monoisotopic (exact) mass is 242 g/mol. The molecule has 0 aliphatic rings. The van der Waals surface area contributed by atoms with Gasteiger partial charge in [-0.05, 0) is 38.4 Å². The molecule has 0 saturated carbocycles. The fourth-order valence-electron chi connectivity index (χ4n) is 1.95. The van der Waals surface area contributed by atoms with Gasteiger partial charge in [0.05, 0.1) is 12.8 Å². The standard InChI is InChI=1S/C15H18N2O/c1-5-11(10-17(2)3)15-9-12-8-13(18-4)6-7-14(12)16-15/h6-9,16H,1,10H2,2-4H3. The van der Waals surface area contributed by atoms with Crippen LogP contribution >= 0.6 is 0 Å². The third-order valence-electron chi connectivity index (χ3n) is 2.84. The van der Waals surface area contributed by atoms with Crippen molar-refractivity contribution in [1.29, 1.82) is 0 Å². The molecule has 2 aromatic rings. The molecule has 0 bridgehead atoms. The molecule has 0 fully saturated rings. The number of nitrogens with zero attached hydrogens (tertiary/aromatic N) is 1. The summed E-state index contributed by atoms with van der Waals surface area (Å²) < 4.78 is 5.23. The molecule has 0 aliphatic carbocycles.